The number of hydrogen-bond acceptors (Lipinski definition) is 7. The summed E-state index contributed by atoms with van der Waals surface area (Å²) in [4.78, 5) is 39.8. The van der Waals surface area contributed by atoms with Crippen LogP contribution in [0.1, 0.15) is 5.56 Å². The topological polar surface area (TPSA) is 151 Å². The fraction of sp³-hybridized carbons (Fsp3) is 0.308. The van der Waals surface area contributed by atoms with Crippen molar-refractivity contribution in [3.8, 4) is 0 Å². The number of nitrogens with zero attached hydrogens (tertiary/aromatic N) is 1. The number of ether oxygens (including phenoxy) is 1. The summed E-state index contributed by atoms with van der Waals surface area (Å²) in [6, 6.07) is 5.43. The molecule has 1 aromatic carbocycles. The smallest absolute Gasteiger partial charge is 0.408 e. The number of benzene rings is 1. The van der Waals surface area contributed by atoms with Gasteiger partial charge < -0.3 is 10.1 Å². The second kappa shape index (κ2) is 7.46. The summed E-state index contributed by atoms with van der Waals surface area (Å²) < 4.78 is 36.2. The largest absolute Gasteiger partial charge is 0.445 e. The zero-order valence-corrected chi connectivity index (χ0v) is 13.7. The monoisotopic (exact) mass is 373 g/mol. The molecule has 12 heteroatoms. The fourth-order valence-corrected chi connectivity index (χ4v) is 3.02. The molecular formula is C13H15N3O8S. The molecule has 1 aliphatic heterocycles. The first-order valence-electron chi connectivity index (χ1n) is 6.86. The first-order chi connectivity index (χ1) is 11.8. The number of nitrogens with one attached hydrogen (secondary N) is 2. The van der Waals surface area contributed by atoms with Crippen molar-refractivity contribution in [2.24, 2.45) is 0 Å². The van der Waals surface area contributed by atoms with Crippen LogP contribution in [0.2, 0.25) is 0 Å². The molecule has 3 N–H and O–H groups in total. The molecule has 1 saturated heterocycles. The van der Waals surface area contributed by atoms with Crippen molar-refractivity contribution in [1.29, 1.82) is 0 Å². The summed E-state index contributed by atoms with van der Waals surface area (Å²) in [6.45, 7) is -0.0927. The number of hydroxylamine groups is 1. The average Bonchev–Trinajstić information content (AvgIpc) is 2.55. The lowest BCUT2D eigenvalue weighted by atomic mass is 9.98. The van der Waals surface area contributed by atoms with Crippen molar-refractivity contribution >= 4 is 28.2 Å². The second-order valence-corrected chi connectivity index (χ2v) is 6.20. The molecule has 0 spiro atoms. The minimum atomic E-state index is -4.98. The van der Waals surface area contributed by atoms with Gasteiger partial charge in [-0.15, -0.1) is 0 Å². The Kier molecular flexibility index (Phi) is 5.56. The highest BCUT2D eigenvalue weighted by atomic mass is 32.2. The van der Waals surface area contributed by atoms with Crippen LogP contribution in [0.5, 0.6) is 0 Å². The van der Waals surface area contributed by atoms with Crippen LogP contribution in [0, 0.1) is 0 Å². The van der Waals surface area contributed by atoms with Crippen LogP contribution >= 0.6 is 0 Å². The Morgan fingerprint density at radius 3 is 2.48 bits per heavy atom. The van der Waals surface area contributed by atoms with Crippen molar-refractivity contribution in [3.63, 3.8) is 0 Å². The van der Waals surface area contributed by atoms with Gasteiger partial charge in [0.2, 0.25) is 0 Å². The molecule has 136 valence electrons. The standard InChI is InChI=1S/C13H15N3O8S/c1-23-15-11(17)10-9(12(18)16(10)25(20,21)22)14-13(19)24-7-8-5-3-2-4-6-8/h2-6,9-10H,7H2,1H3,(H,14,19)(H,15,17)(H,20,21,22). The molecule has 3 amide bonds. The van der Waals surface area contributed by atoms with Crippen LogP contribution < -0.4 is 10.8 Å². The van der Waals surface area contributed by atoms with E-state index in [1.165, 1.54) is 0 Å². The zero-order chi connectivity index (χ0) is 18.6. The quantitative estimate of drug-likeness (QED) is 0.325. The van der Waals surface area contributed by atoms with Crippen molar-refractivity contribution in [3.05, 3.63) is 35.9 Å². The zero-order valence-electron chi connectivity index (χ0n) is 12.9. The van der Waals surface area contributed by atoms with E-state index in [9.17, 15) is 22.8 Å². The molecule has 1 aromatic rings. The minimum Gasteiger partial charge on any atom is -0.445 e. The van der Waals surface area contributed by atoms with Gasteiger partial charge in [0.05, 0.1) is 7.11 Å². The molecule has 1 aliphatic rings. The molecule has 0 bridgehead atoms. The summed E-state index contributed by atoms with van der Waals surface area (Å²) in [5, 5.41) is 2.08. The summed E-state index contributed by atoms with van der Waals surface area (Å²) in [5.74, 6) is -2.23. The predicted octanol–water partition coefficient (Wildman–Crippen LogP) is -1.03. The van der Waals surface area contributed by atoms with E-state index in [1.54, 1.807) is 30.3 Å². The van der Waals surface area contributed by atoms with E-state index in [0.29, 0.717) is 5.56 Å². The summed E-state index contributed by atoms with van der Waals surface area (Å²) in [5.41, 5.74) is 2.52. The molecule has 1 fully saturated rings. The number of alkyl carbamates (subject to hydrolysis) is 1. The Labute approximate surface area is 142 Å². The fourth-order valence-electron chi connectivity index (χ4n) is 2.17. The molecule has 25 heavy (non-hydrogen) atoms. The first-order valence-corrected chi connectivity index (χ1v) is 8.26. The molecule has 11 nitrogen and oxygen atoms in total. The van der Waals surface area contributed by atoms with Gasteiger partial charge in [-0.3, -0.25) is 19.0 Å². The van der Waals surface area contributed by atoms with E-state index in [2.05, 4.69) is 10.2 Å². The van der Waals surface area contributed by atoms with Gasteiger partial charge in [0.25, 0.3) is 11.8 Å². The third-order valence-corrected chi connectivity index (χ3v) is 4.16. The lowest BCUT2D eigenvalue weighted by Gasteiger charge is -2.42. The Balaban J connectivity index is 2.02. The van der Waals surface area contributed by atoms with Gasteiger partial charge in [-0.1, -0.05) is 30.3 Å². The van der Waals surface area contributed by atoms with E-state index in [1.807, 2.05) is 5.48 Å². The van der Waals surface area contributed by atoms with Gasteiger partial charge in [0, 0.05) is 0 Å². The van der Waals surface area contributed by atoms with E-state index in [-0.39, 0.29) is 10.9 Å². The molecule has 0 saturated carbocycles. The van der Waals surface area contributed by atoms with Crippen LogP contribution in [0.25, 0.3) is 0 Å². The normalized spacial score (nSPS) is 19.8. The molecule has 0 aromatic heterocycles. The predicted molar refractivity (Wildman–Crippen MR) is 80.9 cm³/mol. The van der Waals surface area contributed by atoms with Crippen LogP contribution in [-0.2, 0) is 36.1 Å². The second-order valence-electron chi connectivity index (χ2n) is 4.91. The van der Waals surface area contributed by atoms with Crippen LogP contribution in [-0.4, -0.2) is 54.4 Å². The van der Waals surface area contributed by atoms with Gasteiger partial charge in [-0.05, 0) is 5.56 Å². The van der Waals surface area contributed by atoms with Crippen LogP contribution in [0.3, 0.4) is 0 Å². The molecule has 2 unspecified atom stereocenters. The van der Waals surface area contributed by atoms with Crippen LogP contribution in [0.15, 0.2) is 30.3 Å². The molecule has 0 aliphatic carbocycles. The molecule has 2 atom stereocenters. The van der Waals surface area contributed by atoms with Gasteiger partial charge in [0.1, 0.15) is 12.6 Å². The van der Waals surface area contributed by atoms with E-state index >= 15 is 0 Å². The van der Waals surface area contributed by atoms with Gasteiger partial charge in [-0.25, -0.2) is 10.3 Å². The number of hydrogen-bond donors (Lipinski definition) is 3. The van der Waals surface area contributed by atoms with E-state index < -0.39 is 40.3 Å². The number of carbonyl (C=O) groups excluding carboxylic acids is 3. The third-order valence-electron chi connectivity index (χ3n) is 3.26. The lowest BCUT2D eigenvalue weighted by molar-refractivity contribution is -0.155. The van der Waals surface area contributed by atoms with Gasteiger partial charge >= 0.3 is 16.4 Å². The number of amides is 3. The van der Waals surface area contributed by atoms with Gasteiger partial charge in [-0.2, -0.15) is 12.7 Å². The molecule has 0 radical (unpaired) electrons. The Morgan fingerprint density at radius 2 is 1.92 bits per heavy atom. The number of β-lactam (4-membered cyclic amide) rings is 1. The highest BCUT2D eigenvalue weighted by Crippen LogP contribution is 2.24. The summed E-state index contributed by atoms with van der Waals surface area (Å²) >= 11 is 0. The molecule has 1 heterocycles. The average molecular weight is 373 g/mol. The molecule has 2 rings (SSSR count). The van der Waals surface area contributed by atoms with Crippen molar-refractivity contribution in [2.45, 2.75) is 18.7 Å². The Hall–Kier alpha value is -2.70. The van der Waals surface area contributed by atoms with E-state index in [4.69, 9.17) is 9.29 Å². The van der Waals surface area contributed by atoms with E-state index in [0.717, 1.165) is 7.11 Å². The maximum atomic E-state index is 11.8. The highest BCUT2D eigenvalue weighted by Gasteiger charge is 2.58. The lowest BCUT2D eigenvalue weighted by Crippen LogP contribution is -2.75. The first kappa shape index (κ1) is 18.6. The third kappa shape index (κ3) is 4.23. The maximum absolute atomic E-state index is 11.8. The SMILES string of the molecule is CONC(=O)C1C(NC(=O)OCc2ccccc2)C(=O)N1S(=O)(=O)O. The maximum Gasteiger partial charge on any atom is 0.408 e. The Bertz CT molecular complexity index is 767. The molecular weight excluding hydrogens is 358 g/mol. The number of carbonyl (C=O) groups is 3. The Morgan fingerprint density at radius 1 is 1.28 bits per heavy atom. The summed E-state index contributed by atoms with van der Waals surface area (Å²) in [6.07, 6.45) is -1.03. The number of rotatable bonds is 6. The van der Waals surface area contributed by atoms with Gasteiger partial charge in [0.15, 0.2) is 6.04 Å². The van der Waals surface area contributed by atoms with Crippen molar-refractivity contribution in [2.75, 3.05) is 7.11 Å². The minimum absolute atomic E-state index is 0.0660. The highest BCUT2D eigenvalue weighted by molar-refractivity contribution is 7.84. The summed E-state index contributed by atoms with van der Waals surface area (Å²) in [7, 11) is -3.89. The van der Waals surface area contributed by atoms with Crippen LogP contribution in [0.4, 0.5) is 4.79 Å². The van der Waals surface area contributed by atoms with Crippen molar-refractivity contribution < 1.29 is 36.9 Å². The van der Waals surface area contributed by atoms with Crippen molar-refractivity contribution in [1.82, 2.24) is 15.1 Å².